The molecule has 0 aliphatic carbocycles. The number of carbonyl (C=O) groups is 2. The molecule has 2 N–H and O–H groups in total. The summed E-state index contributed by atoms with van der Waals surface area (Å²) in [5, 5.41) is 5.97. The Morgan fingerprint density at radius 3 is 1.21 bits per heavy atom. The summed E-state index contributed by atoms with van der Waals surface area (Å²) in [4.78, 5) is 50.7. The molecule has 22 nitrogen and oxygen atoms in total. The van der Waals surface area contributed by atoms with Gasteiger partial charge in [0.05, 0.1) is 57.5 Å². The summed E-state index contributed by atoms with van der Waals surface area (Å²) < 4.78 is 102. The lowest BCUT2D eigenvalue weighted by atomic mass is 9.49. The van der Waals surface area contributed by atoms with Gasteiger partial charge in [-0.3, -0.25) is 36.9 Å². The zero-order valence-corrected chi connectivity index (χ0v) is 53.2. The molecule has 9 rings (SSSR count). The Labute approximate surface area is 488 Å². The van der Waals surface area contributed by atoms with Crippen LogP contribution in [-0.4, -0.2) is 133 Å². The number of aryl methyl sites for hydroxylation is 2. The van der Waals surface area contributed by atoms with Gasteiger partial charge in [-0.25, -0.2) is 16.8 Å². The van der Waals surface area contributed by atoms with Crippen LogP contribution in [-0.2, 0) is 48.0 Å². The van der Waals surface area contributed by atoms with Crippen LogP contribution in [0, 0.1) is 13.8 Å². The van der Waals surface area contributed by atoms with Crippen molar-refractivity contribution in [3.63, 3.8) is 0 Å². The van der Waals surface area contributed by atoms with Gasteiger partial charge in [0, 0.05) is 85.6 Å². The number of carbonyl (C=O) groups excluding carboxylic acids is 2. The number of rotatable bonds is 10. The van der Waals surface area contributed by atoms with E-state index in [9.17, 15) is 36.0 Å². The molecule has 2 aromatic carbocycles. The first-order valence-electron chi connectivity index (χ1n) is 26.1. The van der Waals surface area contributed by atoms with Crippen LogP contribution in [0.3, 0.4) is 0 Å². The summed E-state index contributed by atoms with van der Waals surface area (Å²) >= 11 is 3.36. The molecule has 2 amide bonds. The lowest BCUT2D eigenvalue weighted by molar-refractivity contribution is 0.00578. The van der Waals surface area contributed by atoms with Gasteiger partial charge < -0.3 is 47.4 Å². The Hall–Kier alpha value is -5.71. The molecule has 0 bridgehead atoms. The first kappa shape index (κ1) is 63.9. The number of pyridine rings is 2. The predicted molar refractivity (Wildman–Crippen MR) is 322 cm³/mol. The Balaban J connectivity index is 0.000000187. The second-order valence-corrected chi connectivity index (χ2v) is 28.4. The van der Waals surface area contributed by atoms with Gasteiger partial charge in [-0.15, -0.1) is 0 Å². The molecule has 0 spiro atoms. The maximum atomic E-state index is 13.0. The number of anilines is 2. The van der Waals surface area contributed by atoms with Crippen molar-refractivity contribution in [1.29, 1.82) is 0 Å². The number of benzene rings is 2. The van der Waals surface area contributed by atoms with Crippen LogP contribution in [0.15, 0.2) is 83.8 Å². The monoisotopic (exact) mass is 1240 g/mol. The van der Waals surface area contributed by atoms with Crippen LogP contribution in [0.2, 0.25) is 0 Å². The van der Waals surface area contributed by atoms with Gasteiger partial charge in [0.25, 0.3) is 22.9 Å². The molecular formula is C54H72B3BrN6O16S2. The molecule has 3 aliphatic rings. The topological polar surface area (TPSA) is 259 Å². The summed E-state index contributed by atoms with van der Waals surface area (Å²) in [5.74, 6) is -0.823. The third-order valence-corrected chi connectivity index (χ3v) is 19.0. The summed E-state index contributed by atoms with van der Waals surface area (Å²) in [6.07, 6.45) is 5.22. The molecule has 82 heavy (non-hydrogen) atoms. The van der Waals surface area contributed by atoms with E-state index in [-0.39, 0.29) is 73.3 Å². The number of nitrogens with one attached hydrogen (secondary N) is 2. The maximum Gasteiger partial charge on any atom is 0.497 e. The predicted octanol–water partition coefficient (Wildman–Crippen LogP) is 6.61. The molecule has 0 saturated carbocycles. The molecule has 6 aromatic rings. The third kappa shape index (κ3) is 12.1. The maximum absolute atomic E-state index is 13.0. The number of hydrogen-bond donors (Lipinski definition) is 2. The molecule has 0 atom stereocenters. The molecule has 3 saturated heterocycles. The van der Waals surface area contributed by atoms with Gasteiger partial charge in [0.2, 0.25) is 31.8 Å². The second kappa shape index (κ2) is 22.0. The fourth-order valence-electron chi connectivity index (χ4n) is 8.78. The van der Waals surface area contributed by atoms with E-state index in [0.29, 0.717) is 26.4 Å². The fourth-order valence-corrected chi connectivity index (χ4v) is 10.5. The fraction of sp³-hybridized carbons (Fsp3) is 0.481. The number of halogens is 1. The summed E-state index contributed by atoms with van der Waals surface area (Å²) in [6.45, 7) is 27.3. The van der Waals surface area contributed by atoms with Gasteiger partial charge >= 0.3 is 21.1 Å². The van der Waals surface area contributed by atoms with Gasteiger partial charge in [-0.05, 0) is 148 Å². The van der Waals surface area contributed by atoms with Crippen LogP contribution in [0.1, 0.15) is 115 Å². The molecule has 4 aromatic heterocycles. The standard InChI is InChI=1S/C24H30BN3O7S.C18H18BrN3O5S.C12H24B2O4/c1-14-9-10-28(19(29)11-14)22-20(21(30)26-6)15-12-16(25-34-23(2,3)24(4,5)35-25)17(13-18(15)33-22)27(7)36(8,31)32;1-10-5-6-22(15(23)7-10)18-16(17(24)20-2)11-8-12(19)13(9-14(11)27-18)21(3)28(4,25)26;1-9(2)10(3,4)16-13(15-9)14-17-11(5,6)12(7,8)18-14/h9-13H,1-8H3,(H,26,30);5-9H,1-4H3,(H,20,24);1-8H3. The van der Waals surface area contributed by atoms with Crippen molar-refractivity contribution in [2.75, 3.05) is 49.3 Å². The zero-order chi connectivity index (χ0) is 61.6. The van der Waals surface area contributed by atoms with Crippen molar-refractivity contribution in [2.24, 2.45) is 0 Å². The van der Waals surface area contributed by atoms with Gasteiger partial charge in [0.15, 0.2) is 0 Å². The van der Waals surface area contributed by atoms with E-state index in [1.807, 2.05) is 83.1 Å². The largest absolute Gasteiger partial charge is 0.497 e. The van der Waals surface area contributed by atoms with Gasteiger partial charge in [-0.1, -0.05) is 0 Å². The lowest BCUT2D eigenvalue weighted by Gasteiger charge is -2.32. The Bertz CT molecular complexity index is 3790. The van der Waals surface area contributed by atoms with E-state index in [4.69, 9.17) is 36.8 Å². The van der Waals surface area contributed by atoms with Crippen LogP contribution >= 0.6 is 15.9 Å². The minimum Gasteiger partial charge on any atom is -0.439 e. The van der Waals surface area contributed by atoms with E-state index >= 15 is 0 Å². The first-order chi connectivity index (χ1) is 37.5. The number of hydrogen-bond acceptors (Lipinski definition) is 16. The molecule has 7 heterocycles. The third-order valence-electron chi connectivity index (χ3n) is 16.0. The number of nitrogens with zero attached hydrogens (tertiary/aromatic N) is 4. The van der Waals surface area contributed by atoms with E-state index in [2.05, 4.69) is 26.6 Å². The lowest BCUT2D eigenvalue weighted by Crippen LogP contribution is -2.41. The normalized spacial score (nSPS) is 18.4. The number of furan rings is 2. The zero-order valence-electron chi connectivity index (χ0n) is 50.0. The van der Waals surface area contributed by atoms with Gasteiger partial charge in [-0.2, -0.15) is 0 Å². The summed E-state index contributed by atoms with van der Waals surface area (Å²) in [7, 11) is -3.28. The van der Waals surface area contributed by atoms with Gasteiger partial charge in [0.1, 0.15) is 22.3 Å². The van der Waals surface area contributed by atoms with E-state index in [1.165, 1.54) is 74.0 Å². The molecule has 0 radical (unpaired) electrons. The number of sulfonamides is 2. The minimum atomic E-state index is -3.68. The number of aromatic nitrogens is 2. The number of amides is 2. The van der Waals surface area contributed by atoms with Crippen LogP contribution in [0.4, 0.5) is 11.4 Å². The summed E-state index contributed by atoms with van der Waals surface area (Å²) in [6, 6.07) is 12.6. The highest BCUT2D eigenvalue weighted by Gasteiger charge is 2.64. The second-order valence-electron chi connectivity index (χ2n) is 23.6. The minimum absolute atomic E-state index is 0.0216. The van der Waals surface area contributed by atoms with Crippen molar-refractivity contribution >= 4 is 108 Å². The highest BCUT2D eigenvalue weighted by molar-refractivity contribution is 9.10. The van der Waals surface area contributed by atoms with E-state index < -0.39 is 64.2 Å². The van der Waals surface area contributed by atoms with Crippen LogP contribution < -0.4 is 35.8 Å². The van der Waals surface area contributed by atoms with Crippen LogP contribution in [0.5, 0.6) is 0 Å². The Morgan fingerprint density at radius 2 is 0.866 bits per heavy atom. The molecule has 28 heteroatoms. The molecule has 0 unspecified atom stereocenters. The molecule has 3 aliphatic heterocycles. The highest BCUT2D eigenvalue weighted by atomic mass is 79.9. The first-order valence-corrected chi connectivity index (χ1v) is 30.6. The van der Waals surface area contributed by atoms with Crippen molar-refractivity contribution in [1.82, 2.24) is 19.8 Å². The highest BCUT2D eigenvalue weighted by Crippen LogP contribution is 2.44. The van der Waals surface area contributed by atoms with Crippen LogP contribution in [0.25, 0.3) is 33.7 Å². The van der Waals surface area contributed by atoms with Crippen molar-refractivity contribution in [3.05, 3.63) is 108 Å². The smallest absolute Gasteiger partial charge is 0.439 e. The summed E-state index contributed by atoms with van der Waals surface area (Å²) in [5.41, 5.74) is -0.184. The van der Waals surface area contributed by atoms with Crippen molar-refractivity contribution in [3.8, 4) is 11.8 Å². The van der Waals surface area contributed by atoms with E-state index in [1.54, 1.807) is 38.1 Å². The molecule has 3 fully saturated rings. The average Bonchev–Trinajstić information content (AvgIpc) is 2.97. The Morgan fingerprint density at radius 1 is 0.537 bits per heavy atom. The molecule has 442 valence electrons. The molecular weight excluding hydrogens is 1170 g/mol. The average molecular weight is 1240 g/mol. The van der Waals surface area contributed by atoms with E-state index in [0.717, 1.165) is 32.2 Å². The van der Waals surface area contributed by atoms with Crippen molar-refractivity contribution in [2.45, 2.75) is 131 Å². The SMILES string of the molecule is CC1(C)OB(B2OC(C)(C)C(C)(C)O2)OC1(C)C.CNC(=O)c1c(-n2ccc(C)cc2=O)oc2cc(N(C)S(C)(=O)=O)c(B3OC(C)(C)C(C)(C)O3)cc12.CNC(=O)c1c(-n2ccc(C)cc2=O)oc2cc(N(C)S(C)(=O)=O)c(Br)cc12. The quantitative estimate of drug-likeness (QED) is 0.137. The Kier molecular flexibility index (Phi) is 17.2. The van der Waals surface area contributed by atoms with Crippen molar-refractivity contribution < 1.29 is 63.2 Å². The number of fused-ring (bicyclic) bond motifs is 2.